The molecule has 0 heterocycles. The Morgan fingerprint density at radius 2 is 1.64 bits per heavy atom. The quantitative estimate of drug-likeness (QED) is 0.565. The first-order chi connectivity index (χ1) is 12.2. The van der Waals surface area contributed by atoms with Crippen molar-refractivity contribution < 1.29 is 9.13 Å². The zero-order valence-corrected chi connectivity index (χ0v) is 14.7. The van der Waals surface area contributed by atoms with Gasteiger partial charge in [-0.05, 0) is 59.7 Å². The van der Waals surface area contributed by atoms with Crippen LogP contribution in [0.3, 0.4) is 0 Å². The van der Waals surface area contributed by atoms with Gasteiger partial charge < -0.3 is 4.74 Å². The minimum absolute atomic E-state index is 0.203. The molecule has 2 heteroatoms. The molecule has 0 aromatic heterocycles. The van der Waals surface area contributed by atoms with E-state index >= 15 is 0 Å². The monoisotopic (exact) mass is 336 g/mol. The summed E-state index contributed by atoms with van der Waals surface area (Å²) in [6, 6.07) is 14.8. The van der Waals surface area contributed by atoms with Crippen LogP contribution in [0.2, 0.25) is 0 Å². The molecular weight excluding hydrogens is 311 g/mol. The molecule has 1 fully saturated rings. The van der Waals surface area contributed by atoms with Gasteiger partial charge in [0.15, 0.2) is 0 Å². The van der Waals surface area contributed by atoms with Crippen molar-refractivity contribution in [1.82, 2.24) is 0 Å². The SMILES string of the molecule is COc1ccc(C(=C\C2CCCCC2)/C=C/c2ccc(F)cc2)cc1. The molecule has 25 heavy (non-hydrogen) atoms. The highest BCUT2D eigenvalue weighted by Crippen LogP contribution is 2.29. The molecule has 130 valence electrons. The Labute approximate surface area is 149 Å². The average Bonchev–Trinajstić information content (AvgIpc) is 2.67. The fourth-order valence-corrected chi connectivity index (χ4v) is 3.35. The Bertz CT molecular complexity index is 720. The maximum absolute atomic E-state index is 13.1. The molecule has 0 N–H and O–H groups in total. The summed E-state index contributed by atoms with van der Waals surface area (Å²) in [6.45, 7) is 0. The van der Waals surface area contributed by atoms with E-state index in [2.05, 4.69) is 30.4 Å². The van der Waals surface area contributed by atoms with Crippen LogP contribution in [0.5, 0.6) is 5.75 Å². The molecule has 0 atom stereocenters. The van der Waals surface area contributed by atoms with Gasteiger partial charge in [0.2, 0.25) is 0 Å². The van der Waals surface area contributed by atoms with Crippen LogP contribution in [0, 0.1) is 11.7 Å². The third-order valence-electron chi connectivity index (χ3n) is 4.81. The number of hydrogen-bond donors (Lipinski definition) is 0. The molecule has 1 aliphatic carbocycles. The summed E-state index contributed by atoms with van der Waals surface area (Å²) in [5, 5.41) is 0. The minimum atomic E-state index is -0.203. The second-order valence-electron chi connectivity index (χ2n) is 6.63. The highest BCUT2D eigenvalue weighted by atomic mass is 19.1. The van der Waals surface area contributed by atoms with Crippen molar-refractivity contribution in [3.8, 4) is 5.75 Å². The molecule has 0 amide bonds. The van der Waals surface area contributed by atoms with Gasteiger partial charge in [-0.3, -0.25) is 0 Å². The third kappa shape index (κ3) is 5.06. The number of hydrogen-bond acceptors (Lipinski definition) is 1. The first-order valence-corrected chi connectivity index (χ1v) is 9.04. The van der Waals surface area contributed by atoms with Gasteiger partial charge in [0.1, 0.15) is 11.6 Å². The van der Waals surface area contributed by atoms with Gasteiger partial charge >= 0.3 is 0 Å². The Balaban J connectivity index is 1.87. The van der Waals surface area contributed by atoms with E-state index in [0.717, 1.165) is 11.3 Å². The summed E-state index contributed by atoms with van der Waals surface area (Å²) in [5.41, 5.74) is 3.41. The van der Waals surface area contributed by atoms with Crippen LogP contribution in [-0.2, 0) is 0 Å². The van der Waals surface area contributed by atoms with E-state index in [0.29, 0.717) is 5.92 Å². The minimum Gasteiger partial charge on any atom is -0.497 e. The molecule has 0 saturated heterocycles. The number of ether oxygens (including phenoxy) is 1. The van der Waals surface area contributed by atoms with Crippen molar-refractivity contribution in [2.75, 3.05) is 7.11 Å². The van der Waals surface area contributed by atoms with Crippen LogP contribution in [0.1, 0.15) is 43.2 Å². The van der Waals surface area contributed by atoms with Gasteiger partial charge in [0.25, 0.3) is 0 Å². The van der Waals surface area contributed by atoms with Gasteiger partial charge in [-0.2, -0.15) is 0 Å². The Morgan fingerprint density at radius 1 is 0.960 bits per heavy atom. The highest BCUT2D eigenvalue weighted by molar-refractivity contribution is 5.79. The van der Waals surface area contributed by atoms with Crippen molar-refractivity contribution in [3.63, 3.8) is 0 Å². The van der Waals surface area contributed by atoms with Crippen molar-refractivity contribution in [2.45, 2.75) is 32.1 Å². The lowest BCUT2D eigenvalue weighted by molar-refractivity contribution is 0.414. The molecule has 2 aromatic rings. The maximum atomic E-state index is 13.1. The molecule has 1 saturated carbocycles. The van der Waals surface area contributed by atoms with Crippen LogP contribution in [-0.4, -0.2) is 7.11 Å². The van der Waals surface area contributed by atoms with Crippen LogP contribution in [0.25, 0.3) is 11.6 Å². The van der Waals surface area contributed by atoms with E-state index in [1.54, 1.807) is 19.2 Å². The number of allylic oxidation sites excluding steroid dienone is 3. The zero-order valence-electron chi connectivity index (χ0n) is 14.7. The van der Waals surface area contributed by atoms with Gasteiger partial charge in [0.05, 0.1) is 7.11 Å². The van der Waals surface area contributed by atoms with E-state index < -0.39 is 0 Å². The molecule has 0 radical (unpaired) electrons. The third-order valence-corrected chi connectivity index (χ3v) is 4.81. The van der Waals surface area contributed by atoms with E-state index in [9.17, 15) is 4.39 Å². The first kappa shape index (κ1) is 17.5. The lowest BCUT2D eigenvalue weighted by Crippen LogP contribution is -2.03. The smallest absolute Gasteiger partial charge is 0.123 e. The van der Waals surface area contributed by atoms with Crippen molar-refractivity contribution in [1.29, 1.82) is 0 Å². The molecular formula is C23H25FO. The predicted molar refractivity (Wildman–Crippen MR) is 103 cm³/mol. The summed E-state index contributed by atoms with van der Waals surface area (Å²) in [5.74, 6) is 1.30. The topological polar surface area (TPSA) is 9.23 Å². The molecule has 0 aliphatic heterocycles. The summed E-state index contributed by atoms with van der Waals surface area (Å²) in [6.07, 6.45) is 13.1. The average molecular weight is 336 g/mol. The van der Waals surface area contributed by atoms with Gasteiger partial charge in [-0.15, -0.1) is 0 Å². The molecule has 0 spiro atoms. The van der Waals surface area contributed by atoms with Crippen molar-refractivity contribution in [3.05, 3.63) is 77.6 Å². The standard InChI is InChI=1S/C23H25FO/c1-25-23-15-11-20(12-16-23)21(17-19-5-3-2-4-6-19)10-7-18-8-13-22(24)14-9-18/h7-17,19H,2-6H2,1H3/b10-7+,21-17-. The van der Waals surface area contributed by atoms with Gasteiger partial charge in [0, 0.05) is 0 Å². The molecule has 2 aromatic carbocycles. The second kappa shape index (κ2) is 8.66. The lowest BCUT2D eigenvalue weighted by atomic mass is 9.86. The highest BCUT2D eigenvalue weighted by Gasteiger charge is 2.12. The number of benzene rings is 2. The predicted octanol–water partition coefficient (Wildman–Crippen LogP) is 6.51. The fraction of sp³-hybridized carbons (Fsp3) is 0.304. The molecule has 3 rings (SSSR count). The summed E-state index contributed by atoms with van der Waals surface area (Å²) < 4.78 is 18.3. The van der Waals surface area contributed by atoms with Crippen molar-refractivity contribution in [2.24, 2.45) is 5.92 Å². The van der Waals surface area contributed by atoms with Crippen LogP contribution < -0.4 is 4.74 Å². The lowest BCUT2D eigenvalue weighted by Gasteiger charge is -2.19. The Morgan fingerprint density at radius 3 is 2.28 bits per heavy atom. The first-order valence-electron chi connectivity index (χ1n) is 9.04. The van der Waals surface area contributed by atoms with Crippen LogP contribution >= 0.6 is 0 Å². The number of rotatable bonds is 5. The maximum Gasteiger partial charge on any atom is 0.123 e. The van der Waals surface area contributed by atoms with Gasteiger partial charge in [-0.1, -0.05) is 61.8 Å². The van der Waals surface area contributed by atoms with Crippen LogP contribution in [0.15, 0.2) is 60.7 Å². The largest absolute Gasteiger partial charge is 0.497 e. The zero-order chi connectivity index (χ0) is 17.5. The van der Waals surface area contributed by atoms with E-state index in [1.165, 1.54) is 55.4 Å². The molecule has 1 nitrogen and oxygen atoms in total. The van der Waals surface area contributed by atoms with E-state index in [1.807, 2.05) is 12.1 Å². The number of halogens is 1. The normalized spacial score (nSPS) is 16.3. The van der Waals surface area contributed by atoms with Crippen molar-refractivity contribution >= 4 is 11.6 Å². The molecule has 0 bridgehead atoms. The Hall–Kier alpha value is -2.35. The van der Waals surface area contributed by atoms with Crippen LogP contribution in [0.4, 0.5) is 4.39 Å². The fourth-order valence-electron chi connectivity index (χ4n) is 3.35. The number of methoxy groups -OCH3 is 1. The van der Waals surface area contributed by atoms with E-state index in [4.69, 9.17) is 4.74 Å². The summed E-state index contributed by atoms with van der Waals surface area (Å²) in [4.78, 5) is 0. The summed E-state index contributed by atoms with van der Waals surface area (Å²) >= 11 is 0. The molecule has 1 aliphatic rings. The van der Waals surface area contributed by atoms with Gasteiger partial charge in [-0.25, -0.2) is 4.39 Å². The second-order valence-corrected chi connectivity index (χ2v) is 6.63. The van der Waals surface area contributed by atoms with E-state index in [-0.39, 0.29) is 5.82 Å². The summed E-state index contributed by atoms with van der Waals surface area (Å²) in [7, 11) is 1.68. The Kier molecular flexibility index (Phi) is 6.05. The molecule has 0 unspecified atom stereocenters.